The van der Waals surface area contributed by atoms with E-state index in [0.717, 1.165) is 0 Å². The molecule has 42 valence electrons. The molecule has 0 aromatic carbocycles. The Morgan fingerprint density at radius 1 is 1.57 bits per heavy atom. The Balaban J connectivity index is 0. The fraction of sp³-hybridized carbons (Fsp3) is 0. The standard InChI is InChI=1S/Mg.H3O4PSe.2H/c;1-6(2,3)4-5;;/h;5H2,(H,1,2,3);;. The first-order valence-electron chi connectivity index (χ1n) is 0.918. The molecule has 0 amide bonds. The van der Waals surface area contributed by atoms with E-state index < -0.39 is 13.4 Å². The van der Waals surface area contributed by atoms with Gasteiger partial charge in [0.05, 0.1) is 0 Å². The summed E-state index contributed by atoms with van der Waals surface area (Å²) < 4.78 is 29.9. The molecule has 0 fully saturated rings. The molecule has 7 heavy (non-hydrogen) atoms. The van der Waals surface area contributed by atoms with Crippen molar-refractivity contribution in [3.8, 4) is 0 Å². The quantitative estimate of drug-likeness (QED) is 0.402. The first kappa shape index (κ1) is 11.1. The number of hydrogen-bond donors (Lipinski definition) is 1. The predicted molar refractivity (Wildman–Crippen MR) is 28.7 cm³/mol. The predicted octanol–water partition coefficient (Wildman–Crippen LogP) is -1.83. The van der Waals surface area contributed by atoms with Gasteiger partial charge in [-0.15, -0.1) is 0 Å². The SMILES string of the molecule is O=[Se](=O)(O)OP.[MgH2]. The molecule has 0 aromatic heterocycles. The minimum Gasteiger partial charge on any atom is 0.316 e. The van der Waals surface area contributed by atoms with Crippen molar-refractivity contribution in [2.75, 3.05) is 0 Å². The van der Waals surface area contributed by atoms with Crippen molar-refractivity contribution < 1.29 is 15.5 Å². The topological polar surface area (TPSA) is 63.6 Å². The molecule has 0 saturated heterocycles. The third-order valence-electron chi connectivity index (χ3n) is 0.122. The molecule has 0 heterocycles. The minimum atomic E-state index is -4.81. The summed E-state index contributed by atoms with van der Waals surface area (Å²) >= 11 is -4.81. The van der Waals surface area contributed by atoms with Crippen molar-refractivity contribution in [2.24, 2.45) is 0 Å². The molecule has 1 unspecified atom stereocenters. The normalized spacial score (nSPS) is 10.0. The van der Waals surface area contributed by atoms with Gasteiger partial charge in [-0.25, -0.2) is 0 Å². The van der Waals surface area contributed by atoms with Crippen LogP contribution in [0.2, 0.25) is 0 Å². The average molecular weight is 203 g/mol. The molecular formula is H5MgO4PSe. The van der Waals surface area contributed by atoms with E-state index in [2.05, 4.69) is 3.61 Å². The van der Waals surface area contributed by atoms with Crippen LogP contribution in [0, 0.1) is 0 Å². The zero-order valence-corrected chi connectivity index (χ0v) is 5.53. The Bertz CT molecular complexity index is 114. The van der Waals surface area contributed by atoms with Crippen LogP contribution in [0.4, 0.5) is 0 Å². The van der Waals surface area contributed by atoms with Gasteiger partial charge < -0.3 is 0 Å². The van der Waals surface area contributed by atoms with Crippen molar-refractivity contribution in [1.82, 2.24) is 0 Å². The fourth-order valence-corrected chi connectivity index (χ4v) is 0. The molecule has 0 aliphatic rings. The van der Waals surface area contributed by atoms with Crippen LogP contribution in [-0.4, -0.2) is 40.6 Å². The summed E-state index contributed by atoms with van der Waals surface area (Å²) in [5.41, 5.74) is 0. The maximum Gasteiger partial charge on any atom is 0.316 e. The third kappa shape index (κ3) is 11.1. The van der Waals surface area contributed by atoms with Crippen molar-refractivity contribution >= 4 is 45.9 Å². The largest absolute Gasteiger partial charge is 0.316 e. The number of rotatable bonds is 1. The smallest absolute Gasteiger partial charge is 0.316 e. The molecule has 0 aromatic rings. The molecule has 1 atom stereocenters. The van der Waals surface area contributed by atoms with Crippen LogP contribution in [0.1, 0.15) is 0 Å². The van der Waals surface area contributed by atoms with Gasteiger partial charge in [-0.05, 0) is 0 Å². The monoisotopic (exact) mass is 204 g/mol. The zero-order valence-electron chi connectivity index (χ0n) is 2.66. The maximum atomic E-state index is 9.39. The molecule has 0 bridgehead atoms. The van der Waals surface area contributed by atoms with Crippen molar-refractivity contribution in [1.29, 1.82) is 0 Å². The Hall–Kier alpha value is 1.24. The van der Waals surface area contributed by atoms with Gasteiger partial charge >= 0.3 is 61.4 Å². The molecule has 0 saturated carbocycles. The van der Waals surface area contributed by atoms with Gasteiger partial charge in [-0.2, -0.15) is 0 Å². The zero-order chi connectivity index (χ0) is 5.21. The molecule has 0 aliphatic carbocycles. The summed E-state index contributed by atoms with van der Waals surface area (Å²) in [5, 5.41) is 0. The second kappa shape index (κ2) is 4.15. The summed E-state index contributed by atoms with van der Waals surface area (Å²) in [7, 11) is 1.42. The minimum absolute atomic E-state index is 0. The molecule has 0 radical (unpaired) electrons. The number of hydrogen-bond acceptors (Lipinski definition) is 3. The van der Waals surface area contributed by atoms with Crippen LogP contribution in [0.3, 0.4) is 0 Å². The van der Waals surface area contributed by atoms with Crippen molar-refractivity contribution in [3.05, 3.63) is 0 Å². The molecule has 0 spiro atoms. The van der Waals surface area contributed by atoms with Crippen LogP contribution in [0.15, 0.2) is 0 Å². The summed E-state index contributed by atoms with van der Waals surface area (Å²) in [6, 6.07) is 0. The van der Waals surface area contributed by atoms with E-state index in [1.165, 1.54) is 9.47 Å². The van der Waals surface area contributed by atoms with E-state index in [1.54, 1.807) is 0 Å². The Morgan fingerprint density at radius 3 is 1.71 bits per heavy atom. The van der Waals surface area contributed by atoms with Crippen LogP contribution in [0.25, 0.3) is 0 Å². The maximum absolute atomic E-state index is 9.39. The van der Waals surface area contributed by atoms with E-state index in [-0.39, 0.29) is 23.1 Å². The summed E-state index contributed by atoms with van der Waals surface area (Å²) in [5.74, 6) is 0. The Labute approximate surface area is 61.3 Å². The van der Waals surface area contributed by atoms with E-state index in [9.17, 15) is 7.67 Å². The summed E-state index contributed by atoms with van der Waals surface area (Å²) in [4.78, 5) is 0. The van der Waals surface area contributed by atoms with Gasteiger partial charge in [0.2, 0.25) is 0 Å². The van der Waals surface area contributed by atoms with E-state index in [1.807, 2.05) is 0 Å². The van der Waals surface area contributed by atoms with E-state index >= 15 is 0 Å². The molecule has 7 heteroatoms. The Kier molecular flexibility index (Phi) is 6.57. The fourth-order valence-electron chi connectivity index (χ4n) is 0. The molecule has 4 nitrogen and oxygen atoms in total. The van der Waals surface area contributed by atoms with Gasteiger partial charge in [0.15, 0.2) is 0 Å². The van der Waals surface area contributed by atoms with Crippen LogP contribution in [-0.2, 0) is 11.3 Å². The second-order valence-corrected chi connectivity index (χ2v) is 3.72. The van der Waals surface area contributed by atoms with E-state index in [0.29, 0.717) is 0 Å². The summed E-state index contributed by atoms with van der Waals surface area (Å²) in [6.45, 7) is 0. The van der Waals surface area contributed by atoms with Gasteiger partial charge in [0.25, 0.3) is 0 Å². The van der Waals surface area contributed by atoms with Gasteiger partial charge in [-0.1, -0.05) is 0 Å². The van der Waals surface area contributed by atoms with Gasteiger partial charge in [-0.3, -0.25) is 0 Å². The molecular weight excluding hydrogens is 198 g/mol. The van der Waals surface area contributed by atoms with Crippen LogP contribution < -0.4 is 0 Å². The van der Waals surface area contributed by atoms with Gasteiger partial charge in [0, 0.05) is 0 Å². The van der Waals surface area contributed by atoms with Crippen molar-refractivity contribution in [3.63, 3.8) is 0 Å². The molecule has 0 aliphatic heterocycles. The van der Waals surface area contributed by atoms with Crippen LogP contribution in [0.5, 0.6) is 0 Å². The Morgan fingerprint density at radius 2 is 1.71 bits per heavy atom. The molecule has 0 rings (SSSR count). The average Bonchev–Trinajstić information content (AvgIpc) is 1.35. The second-order valence-electron chi connectivity index (χ2n) is 0.524. The van der Waals surface area contributed by atoms with E-state index in [4.69, 9.17) is 4.19 Å². The first-order valence-corrected chi connectivity index (χ1v) is 4.25. The summed E-state index contributed by atoms with van der Waals surface area (Å²) in [6.07, 6.45) is 0. The van der Waals surface area contributed by atoms with Crippen LogP contribution >= 0.6 is 9.47 Å². The third-order valence-corrected chi connectivity index (χ3v) is 1.90. The first-order chi connectivity index (χ1) is 2.56. The van der Waals surface area contributed by atoms with Gasteiger partial charge in [0.1, 0.15) is 0 Å². The van der Waals surface area contributed by atoms with Crippen molar-refractivity contribution in [2.45, 2.75) is 0 Å². The molecule has 1 N–H and O–H groups in total.